The van der Waals surface area contributed by atoms with Crippen LogP contribution in [0.15, 0.2) is 24.4 Å². The summed E-state index contributed by atoms with van der Waals surface area (Å²) in [6.07, 6.45) is 1.39. The summed E-state index contributed by atoms with van der Waals surface area (Å²) in [4.78, 5) is 10.7. The maximum absolute atomic E-state index is 10.7. The summed E-state index contributed by atoms with van der Waals surface area (Å²) in [7, 11) is 0. The molecule has 0 spiro atoms. The molecule has 0 aliphatic rings. The lowest BCUT2D eigenvalue weighted by Crippen LogP contribution is -2.09. The van der Waals surface area contributed by atoms with E-state index in [1.54, 1.807) is 0 Å². The van der Waals surface area contributed by atoms with Crippen LogP contribution in [0.4, 0.5) is 0 Å². The SMILES string of the molecule is Cc1cc(OCCn2cc(C(=O)O)nn2)cc(C(C)C)c1. The van der Waals surface area contributed by atoms with Crippen molar-refractivity contribution in [3.8, 4) is 5.75 Å². The quantitative estimate of drug-likeness (QED) is 0.884. The minimum atomic E-state index is -1.08. The van der Waals surface area contributed by atoms with Crippen LogP contribution in [0.25, 0.3) is 0 Å². The highest BCUT2D eigenvalue weighted by Crippen LogP contribution is 2.22. The Morgan fingerprint density at radius 3 is 2.76 bits per heavy atom. The van der Waals surface area contributed by atoms with Gasteiger partial charge in [-0.1, -0.05) is 25.1 Å². The topological polar surface area (TPSA) is 77.2 Å². The van der Waals surface area contributed by atoms with Crippen molar-refractivity contribution in [1.29, 1.82) is 0 Å². The summed E-state index contributed by atoms with van der Waals surface area (Å²) in [5.74, 6) is 0.181. The molecule has 0 saturated carbocycles. The molecule has 0 atom stereocenters. The largest absolute Gasteiger partial charge is 0.492 e. The number of carboxylic acids is 1. The van der Waals surface area contributed by atoms with Gasteiger partial charge in [0.1, 0.15) is 12.4 Å². The summed E-state index contributed by atoms with van der Waals surface area (Å²) < 4.78 is 7.18. The van der Waals surface area contributed by atoms with Crippen molar-refractivity contribution < 1.29 is 14.6 Å². The summed E-state index contributed by atoms with van der Waals surface area (Å²) in [6, 6.07) is 6.16. The van der Waals surface area contributed by atoms with Crippen molar-refractivity contribution in [2.75, 3.05) is 6.61 Å². The molecule has 1 N–H and O–H groups in total. The highest BCUT2D eigenvalue weighted by atomic mass is 16.5. The second kappa shape index (κ2) is 6.39. The molecule has 1 heterocycles. The first kappa shape index (κ1) is 15.0. The molecule has 21 heavy (non-hydrogen) atoms. The number of carboxylic acid groups (broad SMARTS) is 1. The third-order valence-electron chi connectivity index (χ3n) is 3.09. The minimum Gasteiger partial charge on any atom is -0.492 e. The number of benzene rings is 1. The summed E-state index contributed by atoms with van der Waals surface area (Å²) in [6.45, 7) is 7.17. The monoisotopic (exact) mass is 289 g/mol. The molecular weight excluding hydrogens is 270 g/mol. The van der Waals surface area contributed by atoms with Gasteiger partial charge >= 0.3 is 5.97 Å². The van der Waals surface area contributed by atoms with Gasteiger partial charge in [0.25, 0.3) is 0 Å². The van der Waals surface area contributed by atoms with E-state index in [1.807, 2.05) is 19.1 Å². The first-order valence-electron chi connectivity index (χ1n) is 6.83. The number of ether oxygens (including phenoxy) is 1. The Kier molecular flexibility index (Phi) is 4.57. The molecule has 6 nitrogen and oxygen atoms in total. The van der Waals surface area contributed by atoms with E-state index in [9.17, 15) is 4.79 Å². The molecule has 0 amide bonds. The van der Waals surface area contributed by atoms with Gasteiger partial charge in [0.15, 0.2) is 5.69 Å². The zero-order chi connectivity index (χ0) is 15.4. The number of rotatable bonds is 6. The standard InChI is InChI=1S/C15H19N3O3/c1-10(2)12-6-11(3)7-13(8-12)21-5-4-18-9-14(15(19)20)16-17-18/h6-10H,4-5H2,1-3H3,(H,19,20). The van der Waals surface area contributed by atoms with E-state index in [0.29, 0.717) is 19.1 Å². The zero-order valence-electron chi connectivity index (χ0n) is 12.4. The van der Waals surface area contributed by atoms with Gasteiger partial charge in [0, 0.05) is 0 Å². The normalized spacial score (nSPS) is 10.9. The van der Waals surface area contributed by atoms with E-state index >= 15 is 0 Å². The molecule has 1 aromatic heterocycles. The molecule has 2 rings (SSSR count). The Bertz CT molecular complexity index is 635. The van der Waals surface area contributed by atoms with Crippen molar-refractivity contribution in [3.63, 3.8) is 0 Å². The smallest absolute Gasteiger partial charge is 0.358 e. The third-order valence-corrected chi connectivity index (χ3v) is 3.09. The van der Waals surface area contributed by atoms with Gasteiger partial charge in [-0.25, -0.2) is 9.48 Å². The van der Waals surface area contributed by atoms with E-state index in [0.717, 1.165) is 11.3 Å². The number of aromatic nitrogens is 3. The van der Waals surface area contributed by atoms with Crippen molar-refractivity contribution >= 4 is 5.97 Å². The molecule has 1 aromatic carbocycles. The van der Waals surface area contributed by atoms with Crippen LogP contribution in [0.2, 0.25) is 0 Å². The highest BCUT2D eigenvalue weighted by Gasteiger charge is 2.08. The summed E-state index contributed by atoms with van der Waals surface area (Å²) in [5.41, 5.74) is 2.33. The van der Waals surface area contributed by atoms with E-state index in [2.05, 4.69) is 30.2 Å². The first-order valence-corrected chi connectivity index (χ1v) is 6.83. The Hall–Kier alpha value is -2.37. The molecule has 6 heteroatoms. The lowest BCUT2D eigenvalue weighted by molar-refractivity contribution is 0.0690. The summed E-state index contributed by atoms with van der Waals surface area (Å²) in [5, 5.41) is 16.1. The van der Waals surface area contributed by atoms with E-state index in [-0.39, 0.29) is 5.69 Å². The van der Waals surface area contributed by atoms with Crippen LogP contribution in [0.1, 0.15) is 41.4 Å². The summed E-state index contributed by atoms with van der Waals surface area (Å²) >= 11 is 0. The second-order valence-corrected chi connectivity index (χ2v) is 5.25. The predicted octanol–water partition coefficient (Wildman–Crippen LogP) is 2.49. The number of aryl methyl sites for hydroxylation is 1. The Labute approximate surface area is 123 Å². The van der Waals surface area contributed by atoms with Crippen molar-refractivity contribution in [1.82, 2.24) is 15.0 Å². The maximum atomic E-state index is 10.7. The number of hydrogen-bond acceptors (Lipinski definition) is 4. The van der Waals surface area contributed by atoms with Gasteiger partial charge in [0.05, 0.1) is 12.7 Å². The van der Waals surface area contributed by atoms with Crippen LogP contribution in [-0.4, -0.2) is 32.7 Å². The van der Waals surface area contributed by atoms with Crippen molar-refractivity contribution in [3.05, 3.63) is 41.2 Å². The fraction of sp³-hybridized carbons (Fsp3) is 0.400. The number of carbonyl (C=O) groups is 1. The van der Waals surface area contributed by atoms with Crippen LogP contribution >= 0.6 is 0 Å². The highest BCUT2D eigenvalue weighted by molar-refractivity contribution is 5.84. The van der Waals surface area contributed by atoms with Gasteiger partial charge < -0.3 is 9.84 Å². The molecule has 0 aliphatic carbocycles. The van der Waals surface area contributed by atoms with E-state index in [4.69, 9.17) is 9.84 Å². The minimum absolute atomic E-state index is 0.0624. The predicted molar refractivity (Wildman–Crippen MR) is 77.7 cm³/mol. The third kappa shape index (κ3) is 4.05. The maximum Gasteiger partial charge on any atom is 0.358 e. The molecule has 112 valence electrons. The molecule has 0 unspecified atom stereocenters. The average molecular weight is 289 g/mol. The average Bonchev–Trinajstić information content (AvgIpc) is 2.87. The van der Waals surface area contributed by atoms with Crippen LogP contribution in [0, 0.1) is 6.92 Å². The fourth-order valence-corrected chi connectivity index (χ4v) is 1.96. The number of hydrogen-bond donors (Lipinski definition) is 1. The van der Waals surface area contributed by atoms with Gasteiger partial charge in [-0.05, 0) is 36.1 Å². The van der Waals surface area contributed by atoms with Crippen molar-refractivity contribution in [2.24, 2.45) is 0 Å². The van der Waals surface area contributed by atoms with E-state index in [1.165, 1.54) is 16.4 Å². The lowest BCUT2D eigenvalue weighted by atomic mass is 10.0. The second-order valence-electron chi connectivity index (χ2n) is 5.25. The fourth-order valence-electron chi connectivity index (χ4n) is 1.96. The molecule has 0 radical (unpaired) electrons. The van der Waals surface area contributed by atoms with Gasteiger partial charge in [0.2, 0.25) is 0 Å². The van der Waals surface area contributed by atoms with Crippen LogP contribution in [0.5, 0.6) is 5.75 Å². The Morgan fingerprint density at radius 2 is 2.14 bits per heavy atom. The molecular formula is C15H19N3O3. The molecule has 0 fully saturated rings. The van der Waals surface area contributed by atoms with Crippen LogP contribution in [0.3, 0.4) is 0 Å². The van der Waals surface area contributed by atoms with Gasteiger partial charge in [-0.3, -0.25) is 0 Å². The number of nitrogens with zero attached hydrogens (tertiary/aromatic N) is 3. The zero-order valence-corrected chi connectivity index (χ0v) is 12.4. The first-order chi connectivity index (χ1) is 9.95. The Morgan fingerprint density at radius 1 is 1.38 bits per heavy atom. The lowest BCUT2D eigenvalue weighted by Gasteiger charge is -2.11. The van der Waals surface area contributed by atoms with Crippen molar-refractivity contribution in [2.45, 2.75) is 33.2 Å². The van der Waals surface area contributed by atoms with Gasteiger partial charge in [-0.15, -0.1) is 5.10 Å². The van der Waals surface area contributed by atoms with Crippen LogP contribution in [-0.2, 0) is 6.54 Å². The van der Waals surface area contributed by atoms with Crippen LogP contribution < -0.4 is 4.74 Å². The number of aromatic carboxylic acids is 1. The van der Waals surface area contributed by atoms with Gasteiger partial charge in [-0.2, -0.15) is 0 Å². The molecule has 0 bridgehead atoms. The molecule has 2 aromatic rings. The van der Waals surface area contributed by atoms with E-state index < -0.39 is 5.97 Å². The Balaban J connectivity index is 1.95. The molecule has 0 aliphatic heterocycles. The molecule has 0 saturated heterocycles.